The summed E-state index contributed by atoms with van der Waals surface area (Å²) in [5.74, 6) is -0.224. The molecule has 1 fully saturated rings. The van der Waals surface area contributed by atoms with Crippen molar-refractivity contribution in [2.24, 2.45) is 10.9 Å². The highest BCUT2D eigenvalue weighted by atomic mass is 19.1. The first-order chi connectivity index (χ1) is 15.0. The second-order valence-corrected chi connectivity index (χ2v) is 7.79. The Hall–Kier alpha value is -3.33. The molecular formula is C22H21F2N5O2. The summed E-state index contributed by atoms with van der Waals surface area (Å²) in [7, 11) is 1.54. The van der Waals surface area contributed by atoms with E-state index >= 15 is 0 Å². The van der Waals surface area contributed by atoms with Gasteiger partial charge in [-0.05, 0) is 55.5 Å². The van der Waals surface area contributed by atoms with Gasteiger partial charge in [-0.15, -0.1) is 0 Å². The molecule has 0 unspecified atom stereocenters. The van der Waals surface area contributed by atoms with Crippen LogP contribution in [-0.2, 0) is 4.84 Å². The zero-order valence-corrected chi connectivity index (χ0v) is 17.0. The van der Waals surface area contributed by atoms with Crippen LogP contribution in [0.25, 0.3) is 5.69 Å². The molecule has 1 aliphatic carbocycles. The summed E-state index contributed by atoms with van der Waals surface area (Å²) in [6, 6.07) is 6.54. The number of nitrogens with zero attached hydrogens (tertiary/aromatic N) is 4. The van der Waals surface area contributed by atoms with Gasteiger partial charge in [0, 0.05) is 12.3 Å². The van der Waals surface area contributed by atoms with Crippen LogP contribution in [0.2, 0.25) is 0 Å². The first kappa shape index (κ1) is 19.6. The topological polar surface area (TPSA) is 73.6 Å². The molecule has 0 bridgehead atoms. The number of hydroxylamine groups is 1. The molecule has 5 rings (SSSR count). The molecule has 2 aliphatic rings. The van der Waals surface area contributed by atoms with Crippen molar-refractivity contribution >= 4 is 5.84 Å². The summed E-state index contributed by atoms with van der Waals surface area (Å²) in [5.41, 5.74) is 5.40. The van der Waals surface area contributed by atoms with Gasteiger partial charge in [-0.2, -0.15) is 0 Å². The Kier molecular flexibility index (Phi) is 4.90. The Bertz CT molecular complexity index is 1140. The number of halogens is 2. The van der Waals surface area contributed by atoms with Gasteiger partial charge in [-0.25, -0.2) is 24.2 Å². The fourth-order valence-electron chi connectivity index (χ4n) is 3.80. The Morgan fingerprint density at radius 2 is 1.94 bits per heavy atom. The molecule has 0 spiro atoms. The van der Waals surface area contributed by atoms with Crippen molar-refractivity contribution in [3.8, 4) is 11.6 Å². The molecule has 1 aliphatic heterocycles. The number of nitrogens with one attached hydrogen (secondary N) is 1. The Balaban J connectivity index is 1.53. The highest BCUT2D eigenvalue weighted by Gasteiger charge is 2.41. The van der Waals surface area contributed by atoms with Gasteiger partial charge in [0.2, 0.25) is 5.88 Å². The predicted molar refractivity (Wildman–Crippen MR) is 109 cm³/mol. The first-order valence-corrected chi connectivity index (χ1v) is 10.0. The van der Waals surface area contributed by atoms with E-state index in [1.807, 2.05) is 23.8 Å². The van der Waals surface area contributed by atoms with Gasteiger partial charge in [0.1, 0.15) is 35.2 Å². The van der Waals surface area contributed by atoms with E-state index in [0.29, 0.717) is 28.9 Å². The molecule has 0 amide bonds. The zero-order valence-electron chi connectivity index (χ0n) is 17.0. The number of amidine groups is 1. The average Bonchev–Trinajstić information content (AvgIpc) is 3.52. The van der Waals surface area contributed by atoms with Crippen LogP contribution < -0.4 is 10.2 Å². The number of aryl methyl sites for hydroxylation is 1. The van der Waals surface area contributed by atoms with Gasteiger partial charge in [0.05, 0.1) is 19.1 Å². The van der Waals surface area contributed by atoms with E-state index < -0.39 is 17.7 Å². The molecular weight excluding hydrogens is 404 g/mol. The number of rotatable bonds is 5. The van der Waals surface area contributed by atoms with Crippen molar-refractivity contribution in [1.29, 1.82) is 0 Å². The molecule has 1 saturated carbocycles. The quantitative estimate of drug-likeness (QED) is 0.675. The van der Waals surface area contributed by atoms with Gasteiger partial charge in [-0.1, -0.05) is 0 Å². The maximum atomic E-state index is 13.9. The van der Waals surface area contributed by atoms with Crippen molar-refractivity contribution in [2.75, 3.05) is 7.11 Å². The highest BCUT2D eigenvalue weighted by Crippen LogP contribution is 2.42. The first-order valence-electron chi connectivity index (χ1n) is 10.0. The van der Waals surface area contributed by atoms with Crippen LogP contribution in [0.1, 0.15) is 35.8 Å². The predicted octanol–water partition coefficient (Wildman–Crippen LogP) is 3.66. The maximum absolute atomic E-state index is 13.9. The summed E-state index contributed by atoms with van der Waals surface area (Å²) < 4.78 is 35.0. The minimum atomic E-state index is -0.639. The van der Waals surface area contributed by atoms with Crippen molar-refractivity contribution in [1.82, 2.24) is 20.0 Å². The van der Waals surface area contributed by atoms with E-state index in [-0.39, 0.29) is 6.10 Å². The number of pyridine rings is 1. The molecule has 9 heteroatoms. The summed E-state index contributed by atoms with van der Waals surface area (Å²) in [5, 5.41) is 0. The van der Waals surface area contributed by atoms with E-state index in [1.165, 1.54) is 19.2 Å². The van der Waals surface area contributed by atoms with Gasteiger partial charge >= 0.3 is 0 Å². The van der Waals surface area contributed by atoms with Crippen LogP contribution >= 0.6 is 0 Å². The van der Waals surface area contributed by atoms with Crippen molar-refractivity contribution in [3.63, 3.8) is 0 Å². The summed E-state index contributed by atoms with van der Waals surface area (Å²) in [6.07, 6.45) is 5.24. The van der Waals surface area contributed by atoms with E-state index in [9.17, 15) is 8.78 Å². The van der Waals surface area contributed by atoms with E-state index in [0.717, 1.165) is 30.3 Å². The standard InChI is InChI=1S/C22H21F2N5O2/c1-12-10-29(11-25-12)18-6-5-17(26-22(18)30-2)21-27-19(20(31-28-21)13-3-4-13)14-7-15(23)9-16(24)8-14/h5-11,13,19-20H,3-4H2,1-2H3,(H,27,28)/t19-,20+/m1/s1. The lowest BCUT2D eigenvalue weighted by atomic mass is 9.97. The second kappa shape index (κ2) is 7.73. The van der Waals surface area contributed by atoms with Crippen LogP contribution in [0, 0.1) is 24.5 Å². The molecule has 7 nitrogen and oxygen atoms in total. The minimum absolute atomic E-state index is 0.295. The fourth-order valence-corrected chi connectivity index (χ4v) is 3.80. The molecule has 0 saturated heterocycles. The number of aliphatic imine (C=N–C) groups is 1. The lowest BCUT2D eigenvalue weighted by Crippen LogP contribution is -2.40. The van der Waals surface area contributed by atoms with E-state index in [1.54, 1.807) is 12.4 Å². The number of benzene rings is 1. The maximum Gasteiger partial charge on any atom is 0.238 e. The smallest absolute Gasteiger partial charge is 0.238 e. The third-order valence-electron chi connectivity index (χ3n) is 5.45. The number of methoxy groups -OCH3 is 1. The molecule has 1 aromatic carbocycles. The average molecular weight is 425 g/mol. The van der Waals surface area contributed by atoms with Crippen molar-refractivity contribution in [2.45, 2.75) is 31.9 Å². The molecule has 31 heavy (non-hydrogen) atoms. The lowest BCUT2D eigenvalue weighted by molar-refractivity contribution is -0.0293. The fraction of sp³-hybridized carbons (Fsp3) is 0.318. The SMILES string of the molecule is COc1nc(C2=N[C@H](c3cc(F)cc(F)c3)[C@H](C3CC3)ON2)ccc1-n1cnc(C)c1. The monoisotopic (exact) mass is 425 g/mol. The summed E-state index contributed by atoms with van der Waals surface area (Å²) in [6.45, 7) is 1.90. The Morgan fingerprint density at radius 3 is 2.58 bits per heavy atom. The van der Waals surface area contributed by atoms with Gasteiger partial charge in [0.15, 0.2) is 5.84 Å². The number of imidazole rings is 1. The molecule has 0 radical (unpaired) electrons. The number of ether oxygens (including phenoxy) is 1. The summed E-state index contributed by atoms with van der Waals surface area (Å²) in [4.78, 5) is 19.4. The molecule has 3 heterocycles. The number of hydrogen-bond acceptors (Lipinski definition) is 6. The van der Waals surface area contributed by atoms with Gasteiger partial charge in [-0.3, -0.25) is 9.83 Å². The van der Waals surface area contributed by atoms with Crippen LogP contribution in [-0.4, -0.2) is 33.6 Å². The third-order valence-corrected chi connectivity index (χ3v) is 5.45. The Morgan fingerprint density at radius 1 is 1.16 bits per heavy atom. The van der Waals surface area contributed by atoms with Gasteiger partial charge in [0.25, 0.3) is 0 Å². The lowest BCUT2D eigenvalue weighted by Gasteiger charge is -2.30. The normalized spacial score (nSPS) is 20.8. The van der Waals surface area contributed by atoms with Crippen LogP contribution in [0.3, 0.4) is 0 Å². The summed E-state index contributed by atoms with van der Waals surface area (Å²) >= 11 is 0. The highest BCUT2D eigenvalue weighted by molar-refractivity contribution is 5.97. The molecule has 160 valence electrons. The van der Waals surface area contributed by atoms with Crippen molar-refractivity contribution in [3.05, 3.63) is 71.4 Å². The van der Waals surface area contributed by atoms with Crippen LogP contribution in [0.5, 0.6) is 5.88 Å². The minimum Gasteiger partial charge on any atom is -0.479 e. The number of hydrogen-bond donors (Lipinski definition) is 1. The number of aromatic nitrogens is 3. The Labute approximate surface area is 177 Å². The zero-order chi connectivity index (χ0) is 21.5. The van der Waals surface area contributed by atoms with E-state index in [2.05, 4.69) is 15.4 Å². The van der Waals surface area contributed by atoms with Crippen molar-refractivity contribution < 1.29 is 18.4 Å². The molecule has 2 aromatic heterocycles. The molecule has 3 aromatic rings. The molecule has 1 N–H and O–H groups in total. The molecule has 2 atom stereocenters. The van der Waals surface area contributed by atoms with E-state index in [4.69, 9.17) is 14.6 Å². The van der Waals surface area contributed by atoms with Crippen LogP contribution in [0.4, 0.5) is 8.78 Å². The van der Waals surface area contributed by atoms with Gasteiger partial charge < -0.3 is 9.30 Å². The largest absolute Gasteiger partial charge is 0.479 e. The van der Waals surface area contributed by atoms with Crippen LogP contribution in [0.15, 0.2) is 47.8 Å². The second-order valence-electron chi connectivity index (χ2n) is 7.79. The third kappa shape index (κ3) is 3.88.